The lowest BCUT2D eigenvalue weighted by Crippen LogP contribution is -2.04. The number of esters is 2. The molecule has 19 heavy (non-hydrogen) atoms. The lowest BCUT2D eigenvalue weighted by atomic mass is 10.2. The molecule has 0 amide bonds. The highest BCUT2D eigenvalue weighted by Gasteiger charge is 2.04. The molecule has 1 aromatic carbocycles. The van der Waals surface area contributed by atoms with Crippen LogP contribution in [0.2, 0.25) is 0 Å². The van der Waals surface area contributed by atoms with E-state index in [2.05, 4.69) is 4.74 Å². The van der Waals surface area contributed by atoms with Crippen molar-refractivity contribution < 1.29 is 23.8 Å². The second kappa shape index (κ2) is 8.13. The molecule has 0 radical (unpaired) electrons. The third-order valence-corrected chi connectivity index (χ3v) is 2.39. The first kappa shape index (κ1) is 15.0. The predicted molar refractivity (Wildman–Crippen MR) is 69.1 cm³/mol. The molecule has 0 aliphatic rings. The number of carbonyl (C=O) groups excluding carboxylic acids is 2. The van der Waals surface area contributed by atoms with Crippen molar-refractivity contribution in [3.8, 4) is 5.75 Å². The highest BCUT2D eigenvalue weighted by atomic mass is 16.5. The van der Waals surface area contributed by atoms with Crippen molar-refractivity contribution in [3.63, 3.8) is 0 Å². The summed E-state index contributed by atoms with van der Waals surface area (Å²) < 4.78 is 14.9. The van der Waals surface area contributed by atoms with Crippen molar-refractivity contribution in [3.05, 3.63) is 29.8 Å². The Bertz CT molecular complexity index is 410. The quantitative estimate of drug-likeness (QED) is 0.559. The molecule has 5 nitrogen and oxygen atoms in total. The highest BCUT2D eigenvalue weighted by Crippen LogP contribution is 2.13. The number of carbonyl (C=O) groups is 2. The predicted octanol–water partition coefficient (Wildman–Crippen LogP) is 2.20. The Morgan fingerprint density at radius 2 is 1.68 bits per heavy atom. The molecular formula is C14H18O5. The van der Waals surface area contributed by atoms with Crippen molar-refractivity contribution in [1.29, 1.82) is 0 Å². The Balaban J connectivity index is 2.23. The van der Waals surface area contributed by atoms with E-state index >= 15 is 0 Å². The fraction of sp³-hybridized carbons (Fsp3) is 0.429. The molecule has 0 spiro atoms. The van der Waals surface area contributed by atoms with Gasteiger partial charge in [0.1, 0.15) is 5.75 Å². The molecule has 0 fully saturated rings. The van der Waals surface area contributed by atoms with Gasteiger partial charge in [0.2, 0.25) is 0 Å². The van der Waals surface area contributed by atoms with Gasteiger partial charge >= 0.3 is 11.9 Å². The molecule has 5 heteroatoms. The van der Waals surface area contributed by atoms with Gasteiger partial charge in [-0.25, -0.2) is 4.79 Å². The summed E-state index contributed by atoms with van der Waals surface area (Å²) in [6, 6.07) is 6.75. The topological polar surface area (TPSA) is 61.8 Å². The van der Waals surface area contributed by atoms with Crippen LogP contribution in [-0.4, -0.2) is 32.3 Å². The first-order chi connectivity index (χ1) is 9.13. The zero-order valence-corrected chi connectivity index (χ0v) is 11.2. The van der Waals surface area contributed by atoms with Crippen LogP contribution in [0.3, 0.4) is 0 Å². The summed E-state index contributed by atoms with van der Waals surface area (Å²) in [5.74, 6) is 0.0624. The van der Waals surface area contributed by atoms with E-state index in [9.17, 15) is 9.59 Å². The van der Waals surface area contributed by atoms with Gasteiger partial charge in [-0.1, -0.05) is 0 Å². The van der Waals surface area contributed by atoms with Gasteiger partial charge in [0.05, 0.1) is 25.9 Å². The molecule has 0 bridgehead atoms. The normalized spacial score (nSPS) is 9.79. The average molecular weight is 266 g/mol. The summed E-state index contributed by atoms with van der Waals surface area (Å²) >= 11 is 0. The molecule has 0 saturated carbocycles. The number of hydrogen-bond acceptors (Lipinski definition) is 5. The van der Waals surface area contributed by atoms with E-state index < -0.39 is 0 Å². The molecular weight excluding hydrogens is 248 g/mol. The van der Waals surface area contributed by atoms with Crippen LogP contribution in [0.5, 0.6) is 5.75 Å². The van der Waals surface area contributed by atoms with Gasteiger partial charge in [-0.2, -0.15) is 0 Å². The smallest absolute Gasteiger partial charge is 0.337 e. The van der Waals surface area contributed by atoms with E-state index in [1.165, 1.54) is 14.0 Å². The van der Waals surface area contributed by atoms with Crippen LogP contribution in [0.15, 0.2) is 24.3 Å². The van der Waals surface area contributed by atoms with Crippen LogP contribution in [0.4, 0.5) is 0 Å². The molecule has 1 aromatic rings. The van der Waals surface area contributed by atoms with Crippen molar-refractivity contribution in [2.24, 2.45) is 0 Å². The molecule has 0 N–H and O–H groups in total. The van der Waals surface area contributed by atoms with Crippen LogP contribution in [0.1, 0.15) is 30.1 Å². The minimum atomic E-state index is -0.368. The van der Waals surface area contributed by atoms with Gasteiger partial charge in [0.25, 0.3) is 0 Å². The third kappa shape index (κ3) is 5.90. The third-order valence-electron chi connectivity index (χ3n) is 2.39. The van der Waals surface area contributed by atoms with Crippen molar-refractivity contribution in [1.82, 2.24) is 0 Å². The molecule has 0 aliphatic carbocycles. The standard InChI is InChI=1S/C14H18O5/c1-11(15)18-9-3-4-10-19-13-7-5-12(6-8-13)14(16)17-2/h5-8H,3-4,9-10H2,1-2H3. The first-order valence-electron chi connectivity index (χ1n) is 6.08. The number of unbranched alkanes of at least 4 members (excludes halogenated alkanes) is 1. The molecule has 0 aromatic heterocycles. The van der Waals surface area contributed by atoms with Crippen molar-refractivity contribution in [2.45, 2.75) is 19.8 Å². The summed E-state index contributed by atoms with van der Waals surface area (Å²) in [7, 11) is 1.34. The molecule has 0 aliphatic heterocycles. The van der Waals surface area contributed by atoms with Gasteiger partial charge in [-0.15, -0.1) is 0 Å². The summed E-state index contributed by atoms with van der Waals surface area (Å²) in [6.45, 7) is 2.35. The highest BCUT2D eigenvalue weighted by molar-refractivity contribution is 5.89. The second-order valence-corrected chi connectivity index (χ2v) is 3.91. The Morgan fingerprint density at radius 3 is 2.26 bits per heavy atom. The Labute approximate surface area is 112 Å². The average Bonchev–Trinajstić information content (AvgIpc) is 2.42. The Morgan fingerprint density at radius 1 is 1.05 bits per heavy atom. The SMILES string of the molecule is COC(=O)c1ccc(OCCCCOC(C)=O)cc1. The zero-order valence-electron chi connectivity index (χ0n) is 11.2. The van der Waals surface area contributed by atoms with Crippen molar-refractivity contribution >= 4 is 11.9 Å². The maximum Gasteiger partial charge on any atom is 0.337 e. The molecule has 0 heterocycles. The maximum atomic E-state index is 11.2. The van der Waals surface area contributed by atoms with Crippen LogP contribution >= 0.6 is 0 Å². The van der Waals surface area contributed by atoms with E-state index in [1.54, 1.807) is 24.3 Å². The minimum absolute atomic E-state index is 0.265. The van der Waals surface area contributed by atoms with Crippen LogP contribution in [0.25, 0.3) is 0 Å². The maximum absolute atomic E-state index is 11.2. The van der Waals surface area contributed by atoms with Crippen molar-refractivity contribution in [2.75, 3.05) is 20.3 Å². The van der Waals surface area contributed by atoms with Crippen LogP contribution < -0.4 is 4.74 Å². The zero-order chi connectivity index (χ0) is 14.1. The van der Waals surface area contributed by atoms with E-state index in [-0.39, 0.29) is 11.9 Å². The molecule has 1 rings (SSSR count). The molecule has 0 saturated heterocycles. The number of rotatable bonds is 7. The molecule has 0 atom stereocenters. The van der Waals surface area contributed by atoms with Gasteiger partial charge < -0.3 is 14.2 Å². The fourth-order valence-corrected chi connectivity index (χ4v) is 1.42. The number of ether oxygens (including phenoxy) is 3. The van der Waals surface area contributed by atoms with Crippen LogP contribution in [-0.2, 0) is 14.3 Å². The van der Waals surface area contributed by atoms with Crippen LogP contribution in [0, 0.1) is 0 Å². The van der Waals surface area contributed by atoms with Gasteiger partial charge in [0.15, 0.2) is 0 Å². The lowest BCUT2D eigenvalue weighted by molar-refractivity contribution is -0.141. The summed E-state index contributed by atoms with van der Waals surface area (Å²) in [5, 5.41) is 0. The van der Waals surface area contributed by atoms with E-state index in [0.29, 0.717) is 24.5 Å². The van der Waals surface area contributed by atoms with E-state index in [4.69, 9.17) is 9.47 Å². The molecule has 0 unspecified atom stereocenters. The van der Waals surface area contributed by atoms with E-state index in [0.717, 1.165) is 12.8 Å². The second-order valence-electron chi connectivity index (χ2n) is 3.91. The number of methoxy groups -OCH3 is 1. The lowest BCUT2D eigenvalue weighted by Gasteiger charge is -2.07. The van der Waals surface area contributed by atoms with E-state index in [1.807, 2.05) is 0 Å². The summed E-state index contributed by atoms with van der Waals surface area (Å²) in [4.78, 5) is 21.7. The first-order valence-corrected chi connectivity index (χ1v) is 6.08. The Kier molecular flexibility index (Phi) is 6.43. The Hall–Kier alpha value is -2.04. The monoisotopic (exact) mass is 266 g/mol. The van der Waals surface area contributed by atoms with Gasteiger partial charge in [-0.05, 0) is 37.1 Å². The fourth-order valence-electron chi connectivity index (χ4n) is 1.42. The number of benzene rings is 1. The summed E-state index contributed by atoms with van der Waals surface area (Å²) in [6.07, 6.45) is 1.56. The molecule has 104 valence electrons. The van der Waals surface area contributed by atoms with Gasteiger partial charge in [-0.3, -0.25) is 4.79 Å². The minimum Gasteiger partial charge on any atom is -0.494 e. The summed E-state index contributed by atoms with van der Waals surface area (Å²) in [5.41, 5.74) is 0.490. The number of hydrogen-bond donors (Lipinski definition) is 0. The van der Waals surface area contributed by atoms with Gasteiger partial charge in [0, 0.05) is 6.92 Å². The largest absolute Gasteiger partial charge is 0.494 e.